The number of rotatable bonds is 9. The summed E-state index contributed by atoms with van der Waals surface area (Å²) in [6.07, 6.45) is 8.39. The van der Waals surface area contributed by atoms with Crippen molar-refractivity contribution in [3.8, 4) is 5.75 Å². The fourth-order valence-corrected chi connectivity index (χ4v) is 6.10. The van der Waals surface area contributed by atoms with Crippen molar-refractivity contribution in [2.45, 2.75) is 58.3 Å². The second kappa shape index (κ2) is 8.76. The van der Waals surface area contributed by atoms with Gasteiger partial charge in [0.1, 0.15) is 5.75 Å². The van der Waals surface area contributed by atoms with E-state index < -0.39 is 0 Å². The summed E-state index contributed by atoms with van der Waals surface area (Å²) in [6, 6.07) is 7.92. The van der Waals surface area contributed by atoms with Crippen LogP contribution in [-0.2, 0) is 9.59 Å². The second-order valence-electron chi connectivity index (χ2n) is 9.57. The number of hydrogen-bond acceptors (Lipinski definition) is 3. The molecule has 0 aliphatic heterocycles. The van der Waals surface area contributed by atoms with Crippen LogP contribution in [0.15, 0.2) is 24.3 Å². The minimum atomic E-state index is -0.105. The molecular weight excluding hydrogens is 364 g/mol. The quantitative estimate of drug-likeness (QED) is 0.625. The number of benzene rings is 1. The van der Waals surface area contributed by atoms with Crippen LogP contribution in [0.3, 0.4) is 0 Å². The highest BCUT2D eigenvalue weighted by Crippen LogP contribution is 2.60. The molecule has 0 atom stereocenters. The third-order valence-electron chi connectivity index (χ3n) is 7.09. The van der Waals surface area contributed by atoms with Crippen molar-refractivity contribution in [3.63, 3.8) is 0 Å². The highest BCUT2D eigenvalue weighted by atomic mass is 16.5. The zero-order chi connectivity index (χ0) is 20.3. The summed E-state index contributed by atoms with van der Waals surface area (Å²) >= 11 is 0. The average molecular weight is 399 g/mol. The molecule has 0 saturated heterocycles. The molecule has 1 aromatic carbocycles. The lowest BCUT2D eigenvalue weighted by molar-refractivity contribution is -0.146. The number of carbonyl (C=O) groups is 2. The Labute approximate surface area is 174 Å². The Hall–Kier alpha value is -2.04. The molecular formula is C24H34N2O3. The molecule has 0 radical (unpaired) electrons. The van der Waals surface area contributed by atoms with E-state index in [1.54, 1.807) is 0 Å². The Morgan fingerprint density at radius 2 is 1.55 bits per heavy atom. The van der Waals surface area contributed by atoms with E-state index in [9.17, 15) is 9.59 Å². The molecule has 29 heavy (non-hydrogen) atoms. The van der Waals surface area contributed by atoms with Gasteiger partial charge in [0, 0.05) is 24.9 Å². The molecule has 4 bridgehead atoms. The molecule has 0 heterocycles. The number of hydrogen-bond donors (Lipinski definition) is 2. The summed E-state index contributed by atoms with van der Waals surface area (Å²) in [4.78, 5) is 24.9. The third kappa shape index (κ3) is 4.93. The van der Waals surface area contributed by atoms with Gasteiger partial charge in [-0.1, -0.05) is 17.7 Å². The molecule has 0 spiro atoms. The first-order valence-corrected chi connectivity index (χ1v) is 11.3. The van der Waals surface area contributed by atoms with Crippen LogP contribution in [0.25, 0.3) is 0 Å². The molecule has 5 rings (SSSR count). The van der Waals surface area contributed by atoms with E-state index in [1.165, 1.54) is 24.8 Å². The van der Waals surface area contributed by atoms with Crippen LogP contribution in [0, 0.1) is 30.1 Å². The first kappa shape index (κ1) is 20.2. The number of amides is 2. The first-order valence-electron chi connectivity index (χ1n) is 11.3. The lowest BCUT2D eigenvalue weighted by Gasteiger charge is -2.55. The van der Waals surface area contributed by atoms with Crippen molar-refractivity contribution in [2.24, 2.45) is 23.2 Å². The predicted molar refractivity (Wildman–Crippen MR) is 113 cm³/mol. The van der Waals surface area contributed by atoms with Crippen molar-refractivity contribution in [2.75, 3.05) is 19.7 Å². The van der Waals surface area contributed by atoms with E-state index in [-0.39, 0.29) is 17.2 Å². The molecule has 1 aromatic rings. The summed E-state index contributed by atoms with van der Waals surface area (Å²) in [6.45, 7) is 3.58. The molecule has 5 nitrogen and oxygen atoms in total. The summed E-state index contributed by atoms with van der Waals surface area (Å²) in [7, 11) is 0. The summed E-state index contributed by atoms with van der Waals surface area (Å²) in [5.74, 6) is 3.40. The molecule has 2 N–H and O–H groups in total. The number of ether oxygens (including phenoxy) is 1. The Balaban J connectivity index is 1.09. The lowest BCUT2D eigenvalue weighted by atomic mass is 9.49. The van der Waals surface area contributed by atoms with Crippen molar-refractivity contribution >= 4 is 11.8 Å². The van der Waals surface area contributed by atoms with Crippen LogP contribution in [0.4, 0.5) is 0 Å². The van der Waals surface area contributed by atoms with Crippen LogP contribution in [-0.4, -0.2) is 31.5 Å². The van der Waals surface area contributed by atoms with Gasteiger partial charge in [0.2, 0.25) is 11.8 Å². The van der Waals surface area contributed by atoms with Gasteiger partial charge in [0.25, 0.3) is 0 Å². The van der Waals surface area contributed by atoms with Gasteiger partial charge in [-0.2, -0.15) is 0 Å². The van der Waals surface area contributed by atoms with Crippen molar-refractivity contribution < 1.29 is 14.3 Å². The lowest BCUT2D eigenvalue weighted by Crippen LogP contribution is -2.54. The van der Waals surface area contributed by atoms with Crippen molar-refractivity contribution in [1.82, 2.24) is 10.6 Å². The second-order valence-corrected chi connectivity index (χ2v) is 9.57. The number of aryl methyl sites for hydroxylation is 1. The molecule has 4 aliphatic carbocycles. The minimum Gasteiger partial charge on any atom is -0.494 e. The van der Waals surface area contributed by atoms with Gasteiger partial charge in [-0.3, -0.25) is 9.59 Å². The predicted octanol–water partition coefficient (Wildman–Crippen LogP) is 3.60. The van der Waals surface area contributed by atoms with Crippen LogP contribution in [0.2, 0.25) is 0 Å². The molecule has 4 aliphatic rings. The number of nitrogens with one attached hydrogen (secondary N) is 2. The zero-order valence-corrected chi connectivity index (χ0v) is 17.5. The maximum atomic E-state index is 12.9. The normalized spacial score (nSPS) is 29.5. The van der Waals surface area contributed by atoms with Crippen molar-refractivity contribution in [1.29, 1.82) is 0 Å². The largest absolute Gasteiger partial charge is 0.494 e. The van der Waals surface area contributed by atoms with Gasteiger partial charge in [-0.05, 0) is 81.8 Å². The van der Waals surface area contributed by atoms with E-state index in [1.807, 2.05) is 31.2 Å². The first-order chi connectivity index (χ1) is 14.0. The molecule has 0 unspecified atom stereocenters. The van der Waals surface area contributed by atoms with Crippen LogP contribution >= 0.6 is 0 Å². The fraction of sp³-hybridized carbons (Fsp3) is 0.667. The standard InChI is InChI=1S/C24H34N2O3/c1-17-4-6-21(7-5-17)29-10-2-3-22(27)25-8-9-26-23(28)24-14-18-11-19(15-24)13-20(12-18)16-24/h4-7,18-20H,2-3,8-16H2,1H3,(H,25,27)(H,26,28). The average Bonchev–Trinajstić information content (AvgIpc) is 2.69. The van der Waals surface area contributed by atoms with Crippen LogP contribution in [0.1, 0.15) is 56.9 Å². The van der Waals surface area contributed by atoms with Crippen LogP contribution < -0.4 is 15.4 Å². The maximum absolute atomic E-state index is 12.9. The third-order valence-corrected chi connectivity index (χ3v) is 7.09. The Morgan fingerprint density at radius 1 is 0.966 bits per heavy atom. The number of carbonyl (C=O) groups excluding carboxylic acids is 2. The molecule has 0 aromatic heterocycles. The van der Waals surface area contributed by atoms with E-state index in [2.05, 4.69) is 10.6 Å². The molecule has 2 amide bonds. The Kier molecular flexibility index (Phi) is 6.12. The highest BCUT2D eigenvalue weighted by Gasteiger charge is 2.54. The molecule has 5 heteroatoms. The summed E-state index contributed by atoms with van der Waals surface area (Å²) < 4.78 is 5.65. The van der Waals surface area contributed by atoms with Gasteiger partial charge in [-0.25, -0.2) is 0 Å². The topological polar surface area (TPSA) is 67.4 Å². The zero-order valence-electron chi connectivity index (χ0n) is 17.5. The van der Waals surface area contributed by atoms with Crippen LogP contribution in [0.5, 0.6) is 5.75 Å². The van der Waals surface area contributed by atoms with E-state index in [4.69, 9.17) is 4.74 Å². The van der Waals surface area contributed by atoms with E-state index >= 15 is 0 Å². The maximum Gasteiger partial charge on any atom is 0.226 e. The summed E-state index contributed by atoms with van der Waals surface area (Å²) in [5, 5.41) is 6.02. The highest BCUT2D eigenvalue weighted by molar-refractivity contribution is 5.83. The Morgan fingerprint density at radius 3 is 2.17 bits per heavy atom. The van der Waals surface area contributed by atoms with Gasteiger partial charge < -0.3 is 15.4 Å². The van der Waals surface area contributed by atoms with E-state index in [0.29, 0.717) is 32.5 Å². The minimum absolute atomic E-state index is 0.0153. The summed E-state index contributed by atoms with van der Waals surface area (Å²) in [5.41, 5.74) is 1.10. The van der Waals surface area contributed by atoms with Gasteiger partial charge in [0.15, 0.2) is 0 Å². The van der Waals surface area contributed by atoms with Gasteiger partial charge in [-0.15, -0.1) is 0 Å². The molecule has 158 valence electrons. The van der Waals surface area contributed by atoms with Gasteiger partial charge in [0.05, 0.1) is 6.61 Å². The fourth-order valence-electron chi connectivity index (χ4n) is 6.10. The van der Waals surface area contributed by atoms with Crippen molar-refractivity contribution in [3.05, 3.63) is 29.8 Å². The molecule has 4 saturated carbocycles. The monoisotopic (exact) mass is 398 g/mol. The van der Waals surface area contributed by atoms with Gasteiger partial charge >= 0.3 is 0 Å². The smallest absolute Gasteiger partial charge is 0.226 e. The van der Waals surface area contributed by atoms with E-state index in [0.717, 1.165) is 42.8 Å². The molecule has 4 fully saturated rings. The Bertz CT molecular complexity index is 693. The SMILES string of the molecule is Cc1ccc(OCCCC(=O)NCCNC(=O)C23CC4CC(CC(C4)C2)C3)cc1.